The number of rotatable bonds is 5. The van der Waals surface area contributed by atoms with Crippen molar-refractivity contribution in [2.24, 2.45) is 0 Å². The molecule has 1 heterocycles. The van der Waals surface area contributed by atoms with Gasteiger partial charge in [0.25, 0.3) is 0 Å². The lowest BCUT2D eigenvalue weighted by molar-refractivity contribution is -0.137. The summed E-state index contributed by atoms with van der Waals surface area (Å²) in [5, 5.41) is 8.70. The summed E-state index contributed by atoms with van der Waals surface area (Å²) in [5.74, 6) is 0.927. The van der Waals surface area contributed by atoms with E-state index < -0.39 is 5.97 Å². The number of carboxylic acids is 1. The van der Waals surface area contributed by atoms with Crippen molar-refractivity contribution in [3.63, 3.8) is 0 Å². The Labute approximate surface area is 113 Å². The second-order valence-electron chi connectivity index (χ2n) is 4.68. The van der Waals surface area contributed by atoms with Crippen LogP contribution in [-0.4, -0.2) is 24.3 Å². The Hall–Kier alpha value is -1.71. The van der Waals surface area contributed by atoms with Crippen molar-refractivity contribution in [2.75, 3.05) is 13.2 Å². The van der Waals surface area contributed by atoms with Crippen LogP contribution in [0.3, 0.4) is 0 Å². The molecule has 0 aromatic heterocycles. The summed E-state index contributed by atoms with van der Waals surface area (Å²) in [6.45, 7) is 3.46. The first kappa shape index (κ1) is 13.7. The van der Waals surface area contributed by atoms with Crippen molar-refractivity contribution in [2.45, 2.75) is 39.0 Å². The minimum atomic E-state index is -0.743. The van der Waals surface area contributed by atoms with Crippen molar-refractivity contribution in [3.05, 3.63) is 23.3 Å². The highest BCUT2D eigenvalue weighted by Gasteiger charge is 2.17. The van der Waals surface area contributed by atoms with Crippen LogP contribution in [0.4, 0.5) is 0 Å². The van der Waals surface area contributed by atoms with E-state index in [1.165, 1.54) is 5.56 Å². The predicted molar refractivity (Wildman–Crippen MR) is 72.0 cm³/mol. The van der Waals surface area contributed by atoms with E-state index in [-0.39, 0.29) is 6.42 Å². The van der Waals surface area contributed by atoms with E-state index in [0.29, 0.717) is 19.6 Å². The average Bonchev–Trinajstić information content (AvgIpc) is 2.63. The number of carboxylic acid groups (broad SMARTS) is 1. The maximum Gasteiger partial charge on any atom is 0.303 e. The van der Waals surface area contributed by atoms with Gasteiger partial charge in [-0.05, 0) is 30.9 Å². The molecule has 2 rings (SSSR count). The minimum absolute atomic E-state index is 0.206. The molecule has 0 bridgehead atoms. The molecule has 1 aliphatic rings. The number of aryl methyl sites for hydroxylation is 1. The number of hydrogen-bond acceptors (Lipinski definition) is 3. The van der Waals surface area contributed by atoms with Crippen molar-refractivity contribution >= 4 is 5.97 Å². The van der Waals surface area contributed by atoms with Gasteiger partial charge >= 0.3 is 5.97 Å². The Balaban J connectivity index is 2.19. The van der Waals surface area contributed by atoms with Crippen LogP contribution in [0.1, 0.15) is 37.3 Å². The van der Waals surface area contributed by atoms with Gasteiger partial charge in [0.15, 0.2) is 11.5 Å². The highest BCUT2D eigenvalue weighted by atomic mass is 16.5. The minimum Gasteiger partial charge on any atom is -0.490 e. The van der Waals surface area contributed by atoms with Crippen molar-refractivity contribution in [1.29, 1.82) is 0 Å². The topological polar surface area (TPSA) is 55.8 Å². The van der Waals surface area contributed by atoms with Crippen molar-refractivity contribution < 1.29 is 19.4 Å². The molecule has 0 saturated carbocycles. The first-order valence-electron chi connectivity index (χ1n) is 6.84. The molecule has 0 radical (unpaired) electrons. The maximum absolute atomic E-state index is 10.6. The molecule has 4 nitrogen and oxygen atoms in total. The number of hydrogen-bond donors (Lipinski definition) is 1. The summed E-state index contributed by atoms with van der Waals surface area (Å²) in [7, 11) is 0. The largest absolute Gasteiger partial charge is 0.490 e. The van der Waals surface area contributed by atoms with Crippen LogP contribution >= 0.6 is 0 Å². The van der Waals surface area contributed by atoms with Gasteiger partial charge in [0.05, 0.1) is 13.2 Å². The lowest BCUT2D eigenvalue weighted by Gasteiger charge is -2.15. The molecule has 0 amide bonds. The van der Waals surface area contributed by atoms with Crippen molar-refractivity contribution in [3.8, 4) is 11.5 Å². The molecule has 0 unspecified atom stereocenters. The zero-order valence-electron chi connectivity index (χ0n) is 11.3. The quantitative estimate of drug-likeness (QED) is 0.888. The Morgan fingerprint density at radius 2 is 2.11 bits per heavy atom. The number of ether oxygens (including phenoxy) is 2. The van der Waals surface area contributed by atoms with Crippen molar-refractivity contribution in [1.82, 2.24) is 0 Å². The van der Waals surface area contributed by atoms with E-state index in [1.807, 2.05) is 12.1 Å². The van der Waals surface area contributed by atoms with Gasteiger partial charge < -0.3 is 14.6 Å². The molecule has 1 aliphatic heterocycles. The molecule has 104 valence electrons. The summed E-state index contributed by atoms with van der Waals surface area (Å²) in [6, 6.07) is 3.98. The number of aliphatic carboxylic acids is 1. The van der Waals surface area contributed by atoms with Crippen LogP contribution in [0, 0.1) is 0 Å². The van der Waals surface area contributed by atoms with Gasteiger partial charge in [-0.2, -0.15) is 0 Å². The molecule has 0 spiro atoms. The second kappa shape index (κ2) is 6.45. The lowest BCUT2D eigenvalue weighted by atomic mass is 9.98. The van der Waals surface area contributed by atoms with Gasteiger partial charge in [-0.15, -0.1) is 0 Å². The third-order valence-corrected chi connectivity index (χ3v) is 3.30. The smallest absolute Gasteiger partial charge is 0.303 e. The maximum atomic E-state index is 10.6. The van der Waals surface area contributed by atoms with Crippen LogP contribution in [-0.2, 0) is 17.6 Å². The van der Waals surface area contributed by atoms with Crippen LogP contribution in [0.2, 0.25) is 0 Å². The molecule has 1 N–H and O–H groups in total. The molecular formula is C15H20O4. The Bertz CT molecular complexity index is 454. The molecular weight excluding hydrogens is 244 g/mol. The molecule has 0 atom stereocenters. The molecule has 1 aromatic carbocycles. The van der Waals surface area contributed by atoms with Gasteiger partial charge in [0.1, 0.15) is 0 Å². The van der Waals surface area contributed by atoms with Crippen LogP contribution in [0.15, 0.2) is 12.1 Å². The molecule has 1 aromatic rings. The Morgan fingerprint density at radius 3 is 2.84 bits per heavy atom. The molecule has 0 saturated heterocycles. The second-order valence-corrected chi connectivity index (χ2v) is 4.68. The highest BCUT2D eigenvalue weighted by Crippen LogP contribution is 2.36. The number of benzene rings is 1. The Kier molecular flexibility index (Phi) is 4.66. The van der Waals surface area contributed by atoms with Gasteiger partial charge in [-0.25, -0.2) is 0 Å². The lowest BCUT2D eigenvalue weighted by Crippen LogP contribution is -2.02. The van der Waals surface area contributed by atoms with Crippen LogP contribution < -0.4 is 9.47 Å². The Morgan fingerprint density at radius 1 is 1.32 bits per heavy atom. The zero-order valence-corrected chi connectivity index (χ0v) is 11.3. The van der Waals surface area contributed by atoms with Crippen LogP contribution in [0.25, 0.3) is 0 Å². The molecule has 0 aliphatic carbocycles. The first-order chi connectivity index (χ1) is 9.22. The van der Waals surface area contributed by atoms with E-state index in [4.69, 9.17) is 14.6 Å². The third-order valence-electron chi connectivity index (χ3n) is 3.30. The van der Waals surface area contributed by atoms with E-state index in [0.717, 1.165) is 36.3 Å². The standard InChI is InChI=1S/C15H20O4/c1-2-12-11(5-3-6-14(16)17)7-8-13-15(12)19-10-4-9-18-13/h7-8H,2-6,9-10H2,1H3,(H,16,17). The number of fused-ring (bicyclic) bond motifs is 1. The zero-order chi connectivity index (χ0) is 13.7. The van der Waals surface area contributed by atoms with E-state index >= 15 is 0 Å². The summed E-state index contributed by atoms with van der Waals surface area (Å²) in [4.78, 5) is 10.6. The normalized spacial score (nSPS) is 13.9. The SMILES string of the molecule is CCc1c(CCCC(=O)O)ccc2c1OCCCO2. The summed E-state index contributed by atoms with van der Waals surface area (Å²) in [5.41, 5.74) is 2.33. The fourth-order valence-corrected chi connectivity index (χ4v) is 2.39. The van der Waals surface area contributed by atoms with Gasteiger partial charge in [0.2, 0.25) is 0 Å². The highest BCUT2D eigenvalue weighted by molar-refractivity contribution is 5.66. The predicted octanol–water partition coefficient (Wildman–Crippen LogP) is 2.82. The molecule has 4 heteroatoms. The molecule has 0 fully saturated rings. The average molecular weight is 264 g/mol. The van der Waals surface area contributed by atoms with E-state index in [1.54, 1.807) is 0 Å². The fraction of sp³-hybridized carbons (Fsp3) is 0.533. The fourth-order valence-electron chi connectivity index (χ4n) is 2.39. The van der Waals surface area contributed by atoms with Gasteiger partial charge in [0, 0.05) is 18.4 Å². The summed E-state index contributed by atoms with van der Waals surface area (Å²) >= 11 is 0. The summed E-state index contributed by atoms with van der Waals surface area (Å²) < 4.78 is 11.5. The summed E-state index contributed by atoms with van der Waals surface area (Å²) in [6.07, 6.45) is 3.40. The van der Waals surface area contributed by atoms with Gasteiger partial charge in [-0.1, -0.05) is 13.0 Å². The monoisotopic (exact) mass is 264 g/mol. The number of carbonyl (C=O) groups is 1. The van der Waals surface area contributed by atoms with Gasteiger partial charge in [-0.3, -0.25) is 4.79 Å². The van der Waals surface area contributed by atoms with E-state index in [9.17, 15) is 4.79 Å². The third kappa shape index (κ3) is 3.40. The first-order valence-corrected chi connectivity index (χ1v) is 6.84. The van der Waals surface area contributed by atoms with Crippen LogP contribution in [0.5, 0.6) is 11.5 Å². The molecule has 19 heavy (non-hydrogen) atoms. The van der Waals surface area contributed by atoms with E-state index in [2.05, 4.69) is 6.92 Å².